The van der Waals surface area contributed by atoms with Crippen LogP contribution in [0.1, 0.15) is 83.5 Å². The van der Waals surface area contributed by atoms with E-state index in [4.69, 9.17) is 26.3 Å². The van der Waals surface area contributed by atoms with Crippen LogP contribution in [0.4, 0.5) is 17.1 Å². The highest BCUT2D eigenvalue weighted by Crippen LogP contribution is 2.38. The molecule has 0 amide bonds. The molecule has 9 aromatic rings. The number of carbonyl (C=O) groups is 4. The van der Waals surface area contributed by atoms with Crippen LogP contribution >= 0.6 is 0 Å². The van der Waals surface area contributed by atoms with Crippen LogP contribution in [0.2, 0.25) is 0 Å². The Morgan fingerprint density at radius 1 is 0.275 bits per heavy atom. The quantitative estimate of drug-likeness (QED) is 0.0329. The Hall–Kier alpha value is -13.2. The number of rotatable bonds is 20. The summed E-state index contributed by atoms with van der Waals surface area (Å²) in [4.78, 5) is 61.4. The number of hydrogen-bond acceptors (Lipinski definition) is 5. The summed E-state index contributed by atoms with van der Waals surface area (Å²) in [6.45, 7) is 33.5. The van der Waals surface area contributed by atoms with Crippen LogP contribution in [0.3, 0.4) is 0 Å². The van der Waals surface area contributed by atoms with Crippen LogP contribution < -0.4 is 4.90 Å². The number of benzene rings is 9. The average Bonchev–Trinajstić information content (AvgIpc) is 1.48. The van der Waals surface area contributed by atoms with E-state index in [2.05, 4.69) is 117 Å². The molecule has 438 valence electrons. The molecule has 0 bridgehead atoms. The molecule has 13 nitrogen and oxygen atoms in total. The highest BCUT2D eigenvalue weighted by molar-refractivity contribution is 5.99. The van der Waals surface area contributed by atoms with Crippen molar-refractivity contribution in [3.8, 4) is 0 Å². The van der Waals surface area contributed by atoms with Gasteiger partial charge in [0, 0.05) is 17.1 Å². The minimum Gasteiger partial charge on any atom is -0.486 e. The van der Waals surface area contributed by atoms with Gasteiger partial charge in [-0.2, -0.15) is 0 Å². The molecule has 0 saturated heterocycles. The van der Waals surface area contributed by atoms with Crippen molar-refractivity contribution >= 4 is 100 Å². The lowest BCUT2D eigenvalue weighted by Gasteiger charge is -2.26. The predicted octanol–water partition coefficient (Wildman–Crippen LogP) is 17.9. The topological polar surface area (TPSA) is 170 Å². The van der Waals surface area contributed by atoms with Gasteiger partial charge in [0.05, 0.1) is 26.3 Å². The summed E-state index contributed by atoms with van der Waals surface area (Å²) in [5, 5.41) is 38.1. The van der Waals surface area contributed by atoms with Gasteiger partial charge in [-0.3, -0.25) is 19.2 Å². The van der Waals surface area contributed by atoms with E-state index in [9.17, 15) is 39.6 Å². The van der Waals surface area contributed by atoms with Crippen LogP contribution in [-0.2, 0) is 19.2 Å². The Bertz CT molecular complexity index is 4210. The number of nitrogens with zero attached hydrogens (tertiary/aromatic N) is 5. The first kappa shape index (κ1) is 62.3. The molecule has 0 heterocycles. The van der Waals surface area contributed by atoms with Crippen molar-refractivity contribution in [2.75, 3.05) is 4.90 Å². The zero-order chi connectivity index (χ0) is 64.6. The monoisotopic (exact) mass is 1190 g/mol. The highest BCUT2D eigenvalue weighted by Gasteiger charge is 2.17. The summed E-state index contributed by atoms with van der Waals surface area (Å²) < 4.78 is 0. The molecule has 13 heteroatoms. The first-order chi connectivity index (χ1) is 44.0. The molecule has 0 unspecified atom stereocenters. The van der Waals surface area contributed by atoms with Gasteiger partial charge in [-0.15, -0.1) is 0 Å². The number of anilines is 3. The minimum atomic E-state index is -1.34. The average molecular weight is 1190 g/mol. The lowest BCUT2D eigenvalue weighted by atomic mass is 9.93. The second-order valence-corrected chi connectivity index (χ2v) is 20.8. The van der Waals surface area contributed by atoms with Gasteiger partial charge in [0.15, 0.2) is 0 Å². The smallest absolute Gasteiger partial charge is 0.333 e. The van der Waals surface area contributed by atoms with E-state index in [0.29, 0.717) is 22.3 Å². The number of hydrogen-bond donors (Lipinski definition) is 4. The maximum Gasteiger partial charge on any atom is 0.333 e. The van der Waals surface area contributed by atoms with E-state index < -0.39 is 46.7 Å². The molecule has 0 spiro atoms. The number of carboxylic acids is 4. The SMILES string of the molecule is [C-]#[N+]/C(=C\c1ccc(C(=Cc2ccc(N(c3ccc(C=C(c4ccc(C)cc4)c4ccc(C)cc4)cc3)c3ccc(C=C(c4ccc(/C=C(\[N+]#[C-])C(=O)O)cc4)c4ccc(/C=C(\[N+]#[C-])C(=O)O)cc4)cc3)cc2)c2ccc(/C=C(\[N+]#[C-])C(=O)O)cc2)cc1)C(=O)O. The summed E-state index contributed by atoms with van der Waals surface area (Å²) in [6.07, 6.45) is 11.4. The van der Waals surface area contributed by atoms with Crippen LogP contribution in [0.25, 0.3) is 78.6 Å². The first-order valence-corrected chi connectivity index (χ1v) is 28.1. The first-order valence-electron chi connectivity index (χ1n) is 28.1. The largest absolute Gasteiger partial charge is 0.486 e. The van der Waals surface area contributed by atoms with E-state index in [1.54, 1.807) is 48.5 Å². The second-order valence-electron chi connectivity index (χ2n) is 20.8. The summed E-state index contributed by atoms with van der Waals surface area (Å²) in [7, 11) is 0. The van der Waals surface area contributed by atoms with Crippen LogP contribution in [0.15, 0.2) is 241 Å². The zero-order valence-electron chi connectivity index (χ0n) is 49.0. The molecule has 0 saturated carbocycles. The van der Waals surface area contributed by atoms with E-state index in [-0.39, 0.29) is 0 Å². The normalized spacial score (nSPS) is 11.3. The molecule has 0 atom stereocenters. The van der Waals surface area contributed by atoms with E-state index in [1.807, 2.05) is 109 Å². The summed E-state index contributed by atoms with van der Waals surface area (Å²) >= 11 is 0. The zero-order valence-corrected chi connectivity index (χ0v) is 49.0. The van der Waals surface area contributed by atoms with Crippen molar-refractivity contribution in [1.29, 1.82) is 0 Å². The maximum absolute atomic E-state index is 11.7. The molecule has 0 aromatic heterocycles. The predicted molar refractivity (Wildman–Crippen MR) is 359 cm³/mol. The Morgan fingerprint density at radius 3 is 0.615 bits per heavy atom. The van der Waals surface area contributed by atoms with Crippen molar-refractivity contribution in [2.45, 2.75) is 13.8 Å². The van der Waals surface area contributed by atoms with Gasteiger partial charge in [0.25, 0.3) is 22.8 Å². The molecular formula is C78H53N5O8. The minimum absolute atomic E-state index is 0.431. The van der Waals surface area contributed by atoms with Gasteiger partial charge in [-0.05, 0) is 182 Å². The van der Waals surface area contributed by atoms with Gasteiger partial charge in [0.2, 0.25) is 0 Å². The number of aliphatic carboxylic acids is 4. The third kappa shape index (κ3) is 15.8. The summed E-state index contributed by atoms with van der Waals surface area (Å²) in [6, 6.07) is 69.7. The van der Waals surface area contributed by atoms with E-state index >= 15 is 0 Å². The molecule has 91 heavy (non-hydrogen) atoms. The fourth-order valence-electron chi connectivity index (χ4n) is 9.81. The molecule has 0 aliphatic heterocycles. The highest BCUT2D eigenvalue weighted by atomic mass is 16.4. The number of aryl methyl sites for hydroxylation is 2. The van der Waals surface area contributed by atoms with Crippen molar-refractivity contribution in [3.63, 3.8) is 0 Å². The number of carboxylic acid groups (broad SMARTS) is 4. The fourth-order valence-corrected chi connectivity index (χ4v) is 9.81. The van der Waals surface area contributed by atoms with E-state index in [1.165, 1.54) is 24.3 Å². The van der Waals surface area contributed by atoms with E-state index in [0.717, 1.165) is 95.0 Å². The molecule has 0 radical (unpaired) electrons. The van der Waals surface area contributed by atoms with Crippen molar-refractivity contribution in [3.05, 3.63) is 370 Å². The molecule has 0 fully saturated rings. The standard InChI is InChI=1S/C78H53N5O8/c1-50-7-25-59(26-8-50)68(60-27-9-51(2)10-28-60)43-52-19-37-65(38-20-52)83(66-39-21-53(22-40-66)44-69(61-29-11-55(12-30-61)46-71(79-3)75(84)85)62-31-13-56(14-32-62)47-72(80-4)76(86)87)67-41-23-54(24-42-67)45-70(63-33-15-57(16-34-63)48-73(81-5)77(88)89)64-35-17-58(18-36-64)49-74(82-6)78(90)91/h7-49H,1-2H3,(H,84,85)(H,86,87)(H,88,89)(H,90,91)/b71-46-,72-47-,73-48-,74-49-. The van der Waals surface area contributed by atoms with Gasteiger partial charge >= 0.3 is 23.9 Å². The lowest BCUT2D eigenvalue weighted by molar-refractivity contribution is -0.133. The lowest BCUT2D eigenvalue weighted by Crippen LogP contribution is -2.09. The molecule has 9 aromatic carbocycles. The third-order valence-electron chi connectivity index (χ3n) is 14.6. The Balaban J connectivity index is 1.15. The van der Waals surface area contributed by atoms with Crippen LogP contribution in [0, 0.1) is 40.1 Å². The molecule has 9 rings (SSSR count). The fraction of sp³-hybridized carbons (Fsp3) is 0.0256. The van der Waals surface area contributed by atoms with Gasteiger partial charge in [-0.1, -0.05) is 193 Å². The van der Waals surface area contributed by atoms with Crippen LogP contribution in [0.5, 0.6) is 0 Å². The second kappa shape index (κ2) is 28.8. The Labute approximate surface area is 526 Å². The summed E-state index contributed by atoms with van der Waals surface area (Å²) in [5.41, 5.74) is 15.6. The summed E-state index contributed by atoms with van der Waals surface area (Å²) in [5.74, 6) is -5.35. The molecule has 0 aliphatic rings. The van der Waals surface area contributed by atoms with Crippen LogP contribution in [-0.4, -0.2) is 44.3 Å². The van der Waals surface area contributed by atoms with Gasteiger partial charge in [-0.25, -0.2) is 19.4 Å². The van der Waals surface area contributed by atoms with Crippen molar-refractivity contribution in [2.24, 2.45) is 0 Å². The van der Waals surface area contributed by atoms with Crippen molar-refractivity contribution in [1.82, 2.24) is 0 Å². The van der Waals surface area contributed by atoms with Crippen molar-refractivity contribution < 1.29 is 39.6 Å². The third-order valence-corrected chi connectivity index (χ3v) is 14.6. The molecular weight excluding hydrogens is 1130 g/mol. The molecule has 4 N–H and O–H groups in total. The molecule has 0 aliphatic carbocycles. The maximum atomic E-state index is 11.7. The van der Waals surface area contributed by atoms with Gasteiger partial charge in [0.1, 0.15) is 0 Å². The van der Waals surface area contributed by atoms with Gasteiger partial charge < -0.3 is 25.3 Å². The Morgan fingerprint density at radius 2 is 0.440 bits per heavy atom. The Kier molecular flexibility index (Phi) is 19.7.